The molecule has 0 aliphatic carbocycles. The van der Waals surface area contributed by atoms with E-state index in [0.717, 1.165) is 26.2 Å². The molecule has 3 heteroatoms. The average Bonchev–Trinajstić information content (AvgIpc) is 3.53. The Morgan fingerprint density at radius 3 is 1.90 bits per heavy atom. The van der Waals surface area contributed by atoms with Crippen LogP contribution in [0.15, 0.2) is 91.0 Å². The Morgan fingerprint density at radius 1 is 0.610 bits per heavy atom. The minimum Gasteiger partial charge on any atom is -0.372 e. The Hall–Kier alpha value is -3.98. The lowest BCUT2D eigenvalue weighted by atomic mass is 10.0. The van der Waals surface area contributed by atoms with Crippen molar-refractivity contribution in [3.05, 3.63) is 91.0 Å². The summed E-state index contributed by atoms with van der Waals surface area (Å²) in [6.07, 6.45) is 8.00. The van der Waals surface area contributed by atoms with E-state index in [2.05, 4.69) is 109 Å². The normalized spacial score (nSPS) is 11.6. The molecule has 0 fully saturated rings. The monoisotopic (exact) mass is 545 g/mol. The van der Waals surface area contributed by atoms with Crippen LogP contribution in [-0.2, 0) is 0 Å². The van der Waals surface area contributed by atoms with E-state index < -0.39 is 0 Å². The van der Waals surface area contributed by atoms with Gasteiger partial charge in [0.2, 0.25) is 0 Å². The first-order valence-electron chi connectivity index (χ1n) is 15.5. The number of hydrogen-bond acceptors (Lipinski definition) is 2. The third-order valence-corrected chi connectivity index (χ3v) is 7.99. The molecule has 0 atom stereocenters. The maximum absolute atomic E-state index is 2.51. The Kier molecular flexibility index (Phi) is 9.94. The quantitative estimate of drug-likeness (QED) is 0.185. The van der Waals surface area contributed by atoms with Crippen molar-refractivity contribution in [2.75, 3.05) is 36.0 Å². The third kappa shape index (κ3) is 5.38. The van der Waals surface area contributed by atoms with Gasteiger partial charge in [-0.25, -0.2) is 0 Å². The van der Waals surface area contributed by atoms with E-state index in [1.54, 1.807) is 0 Å². The van der Waals surface area contributed by atoms with Gasteiger partial charge in [-0.2, -0.15) is 0 Å². The highest BCUT2D eigenvalue weighted by molar-refractivity contribution is 6.27. The van der Waals surface area contributed by atoms with Gasteiger partial charge in [-0.1, -0.05) is 68.5 Å². The molecular formula is C38H47N3. The summed E-state index contributed by atoms with van der Waals surface area (Å²) in [5.41, 5.74) is 6.60. The third-order valence-electron chi connectivity index (χ3n) is 7.99. The fourth-order valence-electron chi connectivity index (χ4n) is 6.06. The predicted octanol–water partition coefficient (Wildman–Crippen LogP) is 10.8. The van der Waals surface area contributed by atoms with Crippen molar-refractivity contribution in [2.24, 2.45) is 0 Å². The lowest BCUT2D eigenvalue weighted by molar-refractivity contribution is 0.867. The van der Waals surface area contributed by atoms with Crippen LogP contribution in [0, 0.1) is 0 Å². The molecule has 0 saturated carbocycles. The molecule has 0 radical (unpaired) electrons. The lowest BCUT2D eigenvalue weighted by Gasteiger charge is -2.22. The van der Waals surface area contributed by atoms with Crippen LogP contribution in [0.1, 0.15) is 55.4 Å². The van der Waals surface area contributed by atoms with Crippen LogP contribution >= 0.6 is 0 Å². The fourth-order valence-corrected chi connectivity index (χ4v) is 6.06. The van der Waals surface area contributed by atoms with Crippen molar-refractivity contribution < 1.29 is 0 Å². The van der Waals surface area contributed by atoms with Crippen LogP contribution in [0.3, 0.4) is 0 Å². The van der Waals surface area contributed by atoms with Gasteiger partial charge in [0, 0.05) is 59.1 Å². The summed E-state index contributed by atoms with van der Waals surface area (Å²) in [6, 6.07) is 25.3. The Morgan fingerprint density at radius 2 is 1.27 bits per heavy atom. The Balaban J connectivity index is 0.000000433. The molecule has 0 aliphatic heterocycles. The zero-order chi connectivity index (χ0) is 29.5. The summed E-state index contributed by atoms with van der Waals surface area (Å²) in [4.78, 5) is 4.90. The first kappa shape index (κ1) is 30.0. The summed E-state index contributed by atoms with van der Waals surface area (Å²) in [7, 11) is 0. The van der Waals surface area contributed by atoms with Gasteiger partial charge < -0.3 is 14.2 Å². The molecule has 0 N–H and O–H groups in total. The Labute approximate surface area is 246 Å². The molecule has 4 aromatic carbocycles. The number of aromatic nitrogens is 1. The largest absolute Gasteiger partial charge is 0.372 e. The highest BCUT2D eigenvalue weighted by Crippen LogP contribution is 2.44. The van der Waals surface area contributed by atoms with Gasteiger partial charge in [-0.15, -0.1) is 0 Å². The van der Waals surface area contributed by atoms with E-state index in [-0.39, 0.29) is 0 Å². The van der Waals surface area contributed by atoms with Crippen molar-refractivity contribution in [1.29, 1.82) is 0 Å². The van der Waals surface area contributed by atoms with Crippen molar-refractivity contribution in [3.63, 3.8) is 0 Å². The van der Waals surface area contributed by atoms with Crippen LogP contribution in [0.25, 0.3) is 48.9 Å². The highest BCUT2D eigenvalue weighted by Gasteiger charge is 2.21. The summed E-state index contributed by atoms with van der Waals surface area (Å²) >= 11 is 0. The van der Waals surface area contributed by atoms with Gasteiger partial charge in [-0.05, 0) is 88.7 Å². The average molecular weight is 546 g/mol. The minimum absolute atomic E-state index is 1.01. The van der Waals surface area contributed by atoms with Gasteiger partial charge in [0.05, 0.1) is 16.6 Å². The molecule has 0 aliphatic rings. The number of anilines is 2. The van der Waals surface area contributed by atoms with Crippen LogP contribution in [0.4, 0.5) is 11.4 Å². The van der Waals surface area contributed by atoms with E-state index in [4.69, 9.17) is 0 Å². The number of rotatable bonds is 7. The van der Waals surface area contributed by atoms with Gasteiger partial charge in [0.1, 0.15) is 0 Å². The topological polar surface area (TPSA) is 10.9 Å². The second kappa shape index (κ2) is 13.6. The van der Waals surface area contributed by atoms with Crippen molar-refractivity contribution >= 4 is 60.2 Å². The van der Waals surface area contributed by atoms with E-state index >= 15 is 0 Å². The number of allylic oxidation sites excluding steroid dienone is 4. The molecule has 3 nitrogen and oxygen atoms in total. The molecule has 2 aromatic heterocycles. The zero-order valence-electron chi connectivity index (χ0n) is 26.3. The molecule has 6 aromatic rings. The standard InChI is InChI=1S/C30H31N3.C6H10.C2H6/c1-5-31(6-2)22-14-13-20-18-25-23-15-16-27(32(7-3)8-4)29-24-11-9-10-12-26(24)33(30(23)29)28(25)19-21(20)17-22;1-3-5-6-4-2;1-2/h9-19H,5-8H2,1-4H3;3-6H,1-2H3;1-2H3/b;5-3-,6-4-;. The number of fused-ring (bicyclic) bond motifs is 7. The van der Waals surface area contributed by atoms with Gasteiger partial charge in [0.15, 0.2) is 0 Å². The molecule has 0 bridgehead atoms. The lowest BCUT2D eigenvalue weighted by Crippen LogP contribution is -2.21. The molecule has 2 heterocycles. The fraction of sp³-hybridized carbons (Fsp3) is 0.316. The van der Waals surface area contributed by atoms with Crippen molar-refractivity contribution in [2.45, 2.75) is 55.4 Å². The molecule has 41 heavy (non-hydrogen) atoms. The van der Waals surface area contributed by atoms with E-state index in [1.165, 1.54) is 60.2 Å². The van der Waals surface area contributed by atoms with Crippen molar-refractivity contribution in [3.8, 4) is 0 Å². The molecule has 0 unspecified atom stereocenters. The van der Waals surface area contributed by atoms with Crippen LogP contribution in [0.2, 0.25) is 0 Å². The van der Waals surface area contributed by atoms with Gasteiger partial charge in [0.25, 0.3) is 0 Å². The zero-order valence-corrected chi connectivity index (χ0v) is 26.3. The van der Waals surface area contributed by atoms with Crippen LogP contribution in [-0.4, -0.2) is 30.6 Å². The maximum atomic E-state index is 2.51. The van der Waals surface area contributed by atoms with Crippen LogP contribution in [0.5, 0.6) is 0 Å². The molecule has 0 saturated heterocycles. The minimum atomic E-state index is 1.01. The van der Waals surface area contributed by atoms with E-state index in [0.29, 0.717) is 0 Å². The van der Waals surface area contributed by atoms with Crippen LogP contribution < -0.4 is 9.80 Å². The summed E-state index contributed by atoms with van der Waals surface area (Å²) in [5, 5.41) is 8.04. The predicted molar refractivity (Wildman–Crippen MR) is 187 cm³/mol. The molecule has 0 amide bonds. The Bertz CT molecular complexity index is 1770. The maximum Gasteiger partial charge on any atom is 0.0641 e. The number of para-hydroxylation sites is 1. The summed E-state index contributed by atoms with van der Waals surface area (Å²) in [6.45, 7) is 21.0. The first-order chi connectivity index (χ1) is 20.1. The number of nitrogens with zero attached hydrogens (tertiary/aromatic N) is 3. The first-order valence-corrected chi connectivity index (χ1v) is 15.5. The number of benzene rings is 4. The van der Waals surface area contributed by atoms with E-state index in [1.807, 2.05) is 52.0 Å². The second-order valence-corrected chi connectivity index (χ2v) is 10.0. The molecular weight excluding hydrogens is 498 g/mol. The summed E-state index contributed by atoms with van der Waals surface area (Å²) < 4.78 is 2.51. The van der Waals surface area contributed by atoms with Gasteiger partial charge in [-0.3, -0.25) is 0 Å². The highest BCUT2D eigenvalue weighted by atomic mass is 15.1. The molecule has 0 spiro atoms. The smallest absolute Gasteiger partial charge is 0.0641 e. The molecule has 6 rings (SSSR count). The van der Waals surface area contributed by atoms with E-state index in [9.17, 15) is 0 Å². The molecule has 214 valence electrons. The SMILES string of the molecule is C/C=C\C=C/C.CC.CCN(CC)c1ccc2cc3c4ccc(N(CC)CC)c5c6ccccc6n(c3cc2c1)c45. The second-order valence-electron chi connectivity index (χ2n) is 10.0. The summed E-state index contributed by atoms with van der Waals surface area (Å²) in [5.74, 6) is 0. The number of hydrogen-bond donors (Lipinski definition) is 0. The van der Waals surface area contributed by atoms with Crippen molar-refractivity contribution in [1.82, 2.24) is 4.40 Å². The van der Waals surface area contributed by atoms with Gasteiger partial charge >= 0.3 is 0 Å².